The standard InChI is InChI=1S/C24H31F2N7O/c25-24(26)9-8-15(14-24)18-13-20(31-30-18)28-21-16-5-3-6-17(16)27-23(29-21)33-12-4-7-19(33)22(34)32-10-1-2-11-32/h13,15,19H,1-12,14H2,(H2,27,28,29,30,31)/t15-,19-/m0/s1. The first-order valence-electron chi connectivity index (χ1n) is 12.6. The largest absolute Gasteiger partial charge is 0.341 e. The number of nitrogens with one attached hydrogen (secondary N) is 2. The number of amides is 1. The lowest BCUT2D eigenvalue weighted by molar-refractivity contribution is -0.131. The zero-order valence-electron chi connectivity index (χ0n) is 19.3. The van der Waals surface area contributed by atoms with Gasteiger partial charge in [0.25, 0.3) is 0 Å². The van der Waals surface area contributed by atoms with E-state index in [1.807, 2.05) is 11.0 Å². The zero-order chi connectivity index (χ0) is 23.3. The van der Waals surface area contributed by atoms with E-state index in [0.717, 1.165) is 81.5 Å². The molecule has 1 saturated carbocycles. The Labute approximate surface area is 197 Å². The molecule has 0 unspecified atom stereocenters. The third-order valence-corrected chi connectivity index (χ3v) is 7.82. The minimum absolute atomic E-state index is 0.0740. The summed E-state index contributed by atoms with van der Waals surface area (Å²) < 4.78 is 27.3. The van der Waals surface area contributed by atoms with Gasteiger partial charge in [0.2, 0.25) is 17.8 Å². The minimum atomic E-state index is -2.59. The average molecular weight is 472 g/mol. The number of anilines is 3. The van der Waals surface area contributed by atoms with E-state index in [2.05, 4.69) is 20.4 Å². The van der Waals surface area contributed by atoms with Gasteiger partial charge in [-0.3, -0.25) is 9.89 Å². The van der Waals surface area contributed by atoms with Gasteiger partial charge in [-0.15, -0.1) is 0 Å². The van der Waals surface area contributed by atoms with Gasteiger partial charge in [-0.25, -0.2) is 13.8 Å². The molecule has 34 heavy (non-hydrogen) atoms. The zero-order valence-corrected chi connectivity index (χ0v) is 19.3. The first-order valence-corrected chi connectivity index (χ1v) is 12.6. The Kier molecular flexibility index (Phi) is 5.41. The molecule has 2 N–H and O–H groups in total. The Bertz CT molecular complexity index is 1080. The van der Waals surface area contributed by atoms with Gasteiger partial charge < -0.3 is 15.1 Å². The van der Waals surface area contributed by atoms with Crippen LogP contribution in [0.15, 0.2) is 6.07 Å². The number of carbonyl (C=O) groups is 1. The lowest BCUT2D eigenvalue weighted by atomic mass is 10.0. The quantitative estimate of drug-likeness (QED) is 0.687. The first-order chi connectivity index (χ1) is 16.5. The molecule has 2 aliphatic carbocycles. The van der Waals surface area contributed by atoms with Crippen LogP contribution in [0.2, 0.25) is 0 Å². The summed E-state index contributed by atoms with van der Waals surface area (Å²) in [6.07, 6.45) is 6.97. The van der Waals surface area contributed by atoms with E-state index in [9.17, 15) is 13.6 Å². The van der Waals surface area contributed by atoms with Crippen molar-refractivity contribution in [3.05, 3.63) is 23.0 Å². The maximum absolute atomic E-state index is 13.7. The smallest absolute Gasteiger partial charge is 0.248 e. The Morgan fingerprint density at radius 3 is 2.74 bits per heavy atom. The van der Waals surface area contributed by atoms with Gasteiger partial charge in [-0.2, -0.15) is 10.1 Å². The Hall–Kier alpha value is -2.78. The molecule has 1 amide bonds. The summed E-state index contributed by atoms with van der Waals surface area (Å²) in [5.74, 6) is -0.707. The van der Waals surface area contributed by atoms with Gasteiger partial charge in [0, 0.05) is 55.7 Å². The van der Waals surface area contributed by atoms with E-state index in [0.29, 0.717) is 24.0 Å². The number of halogens is 2. The van der Waals surface area contributed by atoms with Crippen LogP contribution in [0.3, 0.4) is 0 Å². The van der Waals surface area contributed by atoms with Crippen molar-refractivity contribution in [2.75, 3.05) is 29.9 Å². The van der Waals surface area contributed by atoms with Crippen LogP contribution in [-0.2, 0) is 17.6 Å². The van der Waals surface area contributed by atoms with Crippen molar-refractivity contribution in [2.24, 2.45) is 0 Å². The lowest BCUT2D eigenvalue weighted by Gasteiger charge is -2.28. The van der Waals surface area contributed by atoms with E-state index in [1.54, 1.807) is 0 Å². The van der Waals surface area contributed by atoms with Crippen molar-refractivity contribution >= 4 is 23.5 Å². The van der Waals surface area contributed by atoms with Crippen molar-refractivity contribution in [2.45, 2.75) is 82.1 Å². The summed E-state index contributed by atoms with van der Waals surface area (Å²) in [7, 11) is 0. The molecule has 2 atom stereocenters. The number of aryl methyl sites for hydroxylation is 1. The summed E-state index contributed by atoms with van der Waals surface area (Å²) in [5, 5.41) is 10.6. The molecule has 10 heteroatoms. The number of nitrogens with zero attached hydrogens (tertiary/aromatic N) is 5. The number of likely N-dealkylation sites (tertiary alicyclic amines) is 1. The van der Waals surface area contributed by atoms with Crippen LogP contribution in [0.25, 0.3) is 0 Å². The highest BCUT2D eigenvalue weighted by atomic mass is 19.3. The van der Waals surface area contributed by atoms with Crippen molar-refractivity contribution in [3.63, 3.8) is 0 Å². The van der Waals surface area contributed by atoms with Crippen molar-refractivity contribution in [3.8, 4) is 0 Å². The number of hydrogen-bond acceptors (Lipinski definition) is 6. The van der Waals surface area contributed by atoms with Gasteiger partial charge in [-0.05, 0) is 51.4 Å². The highest BCUT2D eigenvalue weighted by Gasteiger charge is 2.41. The van der Waals surface area contributed by atoms with Crippen LogP contribution in [0, 0.1) is 0 Å². The van der Waals surface area contributed by atoms with Gasteiger partial charge in [0.05, 0.1) is 5.69 Å². The number of H-pyrrole nitrogens is 1. The fraction of sp³-hybridized carbons (Fsp3) is 0.667. The van der Waals surface area contributed by atoms with Crippen molar-refractivity contribution in [1.82, 2.24) is 25.1 Å². The molecule has 2 aliphatic heterocycles. The average Bonchev–Trinajstić information content (AvgIpc) is 3.63. The van der Waals surface area contributed by atoms with Gasteiger partial charge in [0.15, 0.2) is 5.82 Å². The van der Waals surface area contributed by atoms with Gasteiger partial charge in [0.1, 0.15) is 11.9 Å². The molecule has 0 spiro atoms. The molecule has 0 radical (unpaired) electrons. The van der Waals surface area contributed by atoms with Crippen molar-refractivity contribution in [1.29, 1.82) is 0 Å². The Morgan fingerprint density at radius 2 is 1.94 bits per heavy atom. The molecule has 4 aliphatic rings. The molecular formula is C24H31F2N7O. The second kappa shape index (κ2) is 8.46. The maximum atomic E-state index is 13.7. The Balaban J connectivity index is 1.25. The number of rotatable bonds is 5. The van der Waals surface area contributed by atoms with E-state index in [1.165, 1.54) is 0 Å². The summed E-state index contributed by atoms with van der Waals surface area (Å²) >= 11 is 0. The number of fused-ring (bicyclic) bond motifs is 1. The van der Waals surface area contributed by atoms with Gasteiger partial charge in [-0.1, -0.05) is 0 Å². The van der Waals surface area contributed by atoms with Crippen LogP contribution < -0.4 is 10.2 Å². The van der Waals surface area contributed by atoms with Crippen LogP contribution in [-0.4, -0.2) is 62.6 Å². The molecule has 4 heterocycles. The molecule has 2 aromatic rings. The molecule has 2 aromatic heterocycles. The van der Waals surface area contributed by atoms with E-state index >= 15 is 0 Å². The molecule has 6 rings (SSSR count). The van der Waals surface area contributed by atoms with Crippen molar-refractivity contribution < 1.29 is 13.6 Å². The SMILES string of the molecule is O=C([C@@H]1CCCN1c1nc2c(c(Nc3cc([C@H]4CCC(F)(F)C4)[nH]n3)n1)CCC2)N1CCCC1. The summed E-state index contributed by atoms with van der Waals surface area (Å²) in [4.78, 5) is 27.0. The third-order valence-electron chi connectivity index (χ3n) is 7.82. The predicted molar refractivity (Wildman–Crippen MR) is 124 cm³/mol. The monoisotopic (exact) mass is 471 g/mol. The number of aromatic nitrogens is 4. The topological polar surface area (TPSA) is 90.0 Å². The predicted octanol–water partition coefficient (Wildman–Crippen LogP) is 3.93. The molecular weight excluding hydrogens is 440 g/mol. The fourth-order valence-electron chi connectivity index (χ4n) is 6.01. The van der Waals surface area contributed by atoms with Crippen LogP contribution in [0.5, 0.6) is 0 Å². The lowest BCUT2D eigenvalue weighted by Crippen LogP contribution is -2.45. The second-order valence-corrected chi connectivity index (χ2v) is 10.2. The number of hydrogen-bond donors (Lipinski definition) is 2. The number of carbonyl (C=O) groups excluding carboxylic acids is 1. The molecule has 8 nitrogen and oxygen atoms in total. The van der Waals surface area contributed by atoms with Crippen LogP contribution >= 0.6 is 0 Å². The fourth-order valence-corrected chi connectivity index (χ4v) is 6.01. The molecule has 182 valence electrons. The Morgan fingerprint density at radius 1 is 1.09 bits per heavy atom. The summed E-state index contributed by atoms with van der Waals surface area (Å²) in [5.41, 5.74) is 2.85. The summed E-state index contributed by atoms with van der Waals surface area (Å²) in [6, 6.07) is 1.62. The first kappa shape index (κ1) is 21.7. The normalized spacial score (nSPS) is 25.8. The highest BCUT2D eigenvalue weighted by molar-refractivity contribution is 5.85. The third kappa shape index (κ3) is 4.01. The summed E-state index contributed by atoms with van der Waals surface area (Å²) in [6.45, 7) is 2.45. The number of aromatic amines is 1. The molecule has 0 aromatic carbocycles. The van der Waals surface area contributed by atoms with E-state index in [-0.39, 0.29) is 30.7 Å². The van der Waals surface area contributed by atoms with Gasteiger partial charge >= 0.3 is 0 Å². The molecule has 3 fully saturated rings. The van der Waals surface area contributed by atoms with Crippen LogP contribution in [0.1, 0.15) is 74.2 Å². The maximum Gasteiger partial charge on any atom is 0.248 e. The van der Waals surface area contributed by atoms with E-state index in [4.69, 9.17) is 9.97 Å². The minimum Gasteiger partial charge on any atom is -0.341 e. The second-order valence-electron chi connectivity index (χ2n) is 10.2. The van der Waals surface area contributed by atoms with E-state index < -0.39 is 5.92 Å². The van der Waals surface area contributed by atoms with Crippen LogP contribution in [0.4, 0.5) is 26.4 Å². The number of alkyl halides is 2. The molecule has 2 saturated heterocycles. The highest BCUT2D eigenvalue weighted by Crippen LogP contribution is 2.44. The molecule has 0 bridgehead atoms.